The maximum Gasteiger partial charge on any atom is 0.137 e. The van der Waals surface area contributed by atoms with Gasteiger partial charge in [-0.3, -0.25) is 4.90 Å². The molecule has 0 aliphatic heterocycles. The largest absolute Gasteiger partial charge is 0.456 e. The first-order valence-electron chi connectivity index (χ1n) is 30.4. The number of hydrogen-bond acceptors (Lipinski definition) is 4. The molecule has 6 heteroatoms. The maximum absolute atomic E-state index is 6.47. The van der Waals surface area contributed by atoms with Crippen molar-refractivity contribution in [1.82, 2.24) is 15.0 Å². The van der Waals surface area contributed by atoms with Crippen LogP contribution in [-0.2, 0) is 0 Å². The predicted octanol–water partition coefficient (Wildman–Crippen LogP) is 23.2. The van der Waals surface area contributed by atoms with E-state index < -0.39 is 0 Å². The first-order chi connectivity index (χ1) is 44.1. The highest BCUT2D eigenvalue weighted by atomic mass is 16.3. The summed E-state index contributed by atoms with van der Waals surface area (Å²) in [5.74, 6) is 0.797. The molecule has 17 aromatic rings. The quantitative estimate of drug-likeness (QED) is 0.143. The number of nitrogens with zero attached hydrogens (tertiary/aromatic N) is 3. The van der Waals surface area contributed by atoms with Crippen LogP contribution in [-0.4, -0.2) is 15.0 Å². The van der Waals surface area contributed by atoms with Gasteiger partial charge in [-0.1, -0.05) is 176 Å². The Balaban J connectivity index is 0.617. The van der Waals surface area contributed by atoms with E-state index in [2.05, 4.69) is 299 Å². The second kappa shape index (κ2) is 19.3. The maximum atomic E-state index is 6.47. The second-order valence-corrected chi connectivity index (χ2v) is 23.6. The summed E-state index contributed by atoms with van der Waals surface area (Å²) in [6.45, 7) is 0. The number of rotatable bonds is 10. The minimum atomic E-state index is 0.797. The Hall–Kier alpha value is -12.0. The van der Waals surface area contributed by atoms with Crippen LogP contribution in [0.5, 0.6) is 0 Å². The lowest BCUT2D eigenvalue weighted by atomic mass is 9.98. The summed E-state index contributed by atoms with van der Waals surface area (Å²) in [7, 11) is 0. The van der Waals surface area contributed by atoms with E-state index in [9.17, 15) is 0 Å². The molecule has 89 heavy (non-hydrogen) atoms. The van der Waals surface area contributed by atoms with Crippen molar-refractivity contribution in [2.45, 2.75) is 0 Å². The fraction of sp³-hybridized carbons (Fsp3) is 0. The number of benzene rings is 13. The summed E-state index contributed by atoms with van der Waals surface area (Å²) < 4.78 is 6.47. The highest BCUT2D eigenvalue weighted by molar-refractivity contribution is 6.23. The molecule has 6 nitrogen and oxygen atoms in total. The molecular weight excluding hydrogens is 1080 g/mol. The van der Waals surface area contributed by atoms with Crippen LogP contribution in [0.25, 0.3) is 155 Å². The number of nitrogens with one attached hydrogen (secondary N) is 2. The van der Waals surface area contributed by atoms with E-state index in [1.165, 1.54) is 88.2 Å². The number of pyridine rings is 1. The van der Waals surface area contributed by atoms with Crippen LogP contribution in [0, 0.1) is 0 Å². The van der Waals surface area contributed by atoms with Gasteiger partial charge in [-0.05, 0) is 181 Å². The van der Waals surface area contributed by atoms with Crippen LogP contribution in [0.4, 0.5) is 34.3 Å². The zero-order chi connectivity index (χ0) is 58.3. The number of furan rings is 1. The molecule has 2 aliphatic carbocycles. The fourth-order valence-corrected chi connectivity index (χ4v) is 14.5. The van der Waals surface area contributed by atoms with Gasteiger partial charge in [0.05, 0.1) is 17.1 Å². The Labute approximate surface area is 512 Å². The molecule has 0 radical (unpaired) electrons. The first kappa shape index (κ1) is 49.3. The normalized spacial score (nSPS) is 12.0. The third-order valence-corrected chi connectivity index (χ3v) is 18.7. The molecule has 0 saturated heterocycles. The van der Waals surface area contributed by atoms with E-state index in [1.54, 1.807) is 0 Å². The fourth-order valence-electron chi connectivity index (χ4n) is 14.5. The highest BCUT2D eigenvalue weighted by Gasteiger charge is 2.28. The van der Waals surface area contributed by atoms with E-state index in [-0.39, 0.29) is 0 Å². The Morgan fingerprint density at radius 2 is 0.730 bits per heavy atom. The van der Waals surface area contributed by atoms with Crippen molar-refractivity contribution in [3.8, 4) is 89.3 Å². The Morgan fingerprint density at radius 1 is 0.281 bits per heavy atom. The summed E-state index contributed by atoms with van der Waals surface area (Å²) in [4.78, 5) is 17.3. The third kappa shape index (κ3) is 7.73. The van der Waals surface area contributed by atoms with Gasteiger partial charge < -0.3 is 19.3 Å². The average molecular weight is 1130 g/mol. The molecule has 4 aromatic heterocycles. The van der Waals surface area contributed by atoms with E-state index in [1.807, 2.05) is 18.3 Å². The second-order valence-electron chi connectivity index (χ2n) is 23.6. The molecule has 4 heterocycles. The minimum Gasteiger partial charge on any atom is -0.456 e. The number of aromatic amines is 2. The van der Waals surface area contributed by atoms with Gasteiger partial charge in [0.2, 0.25) is 0 Å². The van der Waals surface area contributed by atoms with Crippen molar-refractivity contribution >= 4 is 99.5 Å². The van der Waals surface area contributed by atoms with Gasteiger partial charge in [-0.25, -0.2) is 4.98 Å². The summed E-state index contributed by atoms with van der Waals surface area (Å²) >= 11 is 0. The van der Waals surface area contributed by atoms with Gasteiger partial charge in [-0.15, -0.1) is 0 Å². The average Bonchev–Trinajstić information content (AvgIpc) is 1.65. The molecule has 13 aromatic carbocycles. The predicted molar refractivity (Wildman–Crippen MR) is 370 cm³/mol. The van der Waals surface area contributed by atoms with Crippen molar-refractivity contribution < 1.29 is 4.42 Å². The van der Waals surface area contributed by atoms with Crippen molar-refractivity contribution in [2.24, 2.45) is 0 Å². The summed E-state index contributed by atoms with van der Waals surface area (Å²) in [6.07, 6.45) is 1.99. The Bertz CT molecular complexity index is 5710. The molecule has 0 atom stereocenters. The van der Waals surface area contributed by atoms with Crippen LogP contribution >= 0.6 is 0 Å². The van der Waals surface area contributed by atoms with Crippen molar-refractivity contribution in [2.75, 3.05) is 9.80 Å². The van der Waals surface area contributed by atoms with Gasteiger partial charge in [0, 0.05) is 95.4 Å². The Morgan fingerprint density at radius 3 is 1.29 bits per heavy atom. The molecule has 414 valence electrons. The number of anilines is 6. The van der Waals surface area contributed by atoms with Gasteiger partial charge in [0.15, 0.2) is 0 Å². The van der Waals surface area contributed by atoms with E-state index >= 15 is 0 Å². The number of H-pyrrole nitrogens is 2. The van der Waals surface area contributed by atoms with E-state index in [0.717, 1.165) is 101 Å². The van der Waals surface area contributed by atoms with Crippen LogP contribution < -0.4 is 9.80 Å². The molecule has 19 rings (SSSR count). The van der Waals surface area contributed by atoms with Crippen molar-refractivity contribution in [3.05, 3.63) is 297 Å². The number of hydrogen-bond donors (Lipinski definition) is 2. The molecule has 0 bridgehead atoms. The number of para-hydroxylation sites is 2. The molecular formula is C83H51N5O. The first-order valence-corrected chi connectivity index (χ1v) is 30.4. The zero-order valence-electron chi connectivity index (χ0n) is 48.0. The molecule has 0 spiro atoms. The van der Waals surface area contributed by atoms with Gasteiger partial charge in [-0.2, -0.15) is 0 Å². The van der Waals surface area contributed by atoms with Gasteiger partial charge in [0.25, 0.3) is 0 Å². The lowest BCUT2D eigenvalue weighted by Crippen LogP contribution is -2.11. The molecule has 0 unspecified atom stereocenters. The summed E-state index contributed by atoms with van der Waals surface area (Å²) in [6, 6.07) is 105. The molecule has 2 N–H and O–H groups in total. The minimum absolute atomic E-state index is 0.797. The van der Waals surface area contributed by atoms with E-state index in [0.29, 0.717) is 0 Å². The smallest absolute Gasteiger partial charge is 0.137 e. The third-order valence-electron chi connectivity index (χ3n) is 18.7. The lowest BCUT2D eigenvalue weighted by molar-refractivity contribution is 0.669. The summed E-state index contributed by atoms with van der Waals surface area (Å²) in [5, 5.41) is 9.88. The molecule has 0 saturated carbocycles. The van der Waals surface area contributed by atoms with Crippen LogP contribution in [0.15, 0.2) is 302 Å². The highest BCUT2D eigenvalue weighted by Crippen LogP contribution is 2.53. The number of aromatic nitrogens is 3. The van der Waals surface area contributed by atoms with Gasteiger partial charge >= 0.3 is 0 Å². The zero-order valence-corrected chi connectivity index (χ0v) is 48.0. The molecule has 0 fully saturated rings. The lowest BCUT2D eigenvalue weighted by Gasteiger charge is -2.26. The van der Waals surface area contributed by atoms with Crippen LogP contribution in [0.3, 0.4) is 0 Å². The van der Waals surface area contributed by atoms with Gasteiger partial charge in [0.1, 0.15) is 17.0 Å². The standard InChI is InChI=1S/C83H51N5O/c1-2-17-60(18-3-1)87(62-36-27-51(28-37-62)57-31-42-73-71(46-57)80-67-20-7-11-53-13-9-22-69(78(53)67)82(80)85-73)61-34-25-50(26-35-61)55-15-6-16-56(45-55)59-33-44-77(84-49-59)88(64-40-41-66-65-19-4-5-24-75(65)89-76(66)48-64)63-38-29-52(30-39-63)58-32-43-74-72(47-58)81-68-21-8-12-54-14-10-23-70(79(54)68)83(81)86-74/h1-49,85-86H. The van der Waals surface area contributed by atoms with Crippen LogP contribution in [0.2, 0.25) is 0 Å². The number of fused-ring (bicyclic) bond motifs is 13. The SMILES string of the molecule is c1ccc(N(c2ccc(-c3cccc(-c4ccc(N(c5ccc(-c6ccc7[nH]c8c(c7c6)-c6cccc7cccc-8c67)cc5)c5ccc6c(c5)oc5ccccc56)nc4)c3)cc2)c2ccc(-c3ccc4[nH]c5c(c4c3)-c3cccc4cccc-5c34)cc2)cc1. The topological polar surface area (TPSA) is 64.1 Å². The molecule has 2 aliphatic rings. The Kier molecular flexibility index (Phi) is 10.7. The monoisotopic (exact) mass is 1130 g/mol. The van der Waals surface area contributed by atoms with Crippen molar-refractivity contribution in [1.29, 1.82) is 0 Å². The van der Waals surface area contributed by atoms with E-state index in [4.69, 9.17) is 9.40 Å². The molecule has 0 amide bonds. The van der Waals surface area contributed by atoms with Crippen molar-refractivity contribution in [3.63, 3.8) is 0 Å². The van der Waals surface area contributed by atoms with Crippen LogP contribution in [0.1, 0.15) is 0 Å². The summed E-state index contributed by atoms with van der Waals surface area (Å²) in [5.41, 5.74) is 28.4.